The zero-order valence-corrected chi connectivity index (χ0v) is 12.4. The summed E-state index contributed by atoms with van der Waals surface area (Å²) < 4.78 is 28.1. The van der Waals surface area contributed by atoms with Gasteiger partial charge in [-0.2, -0.15) is 0 Å². The number of benzene rings is 2. The number of hydrogen-bond acceptors (Lipinski definition) is 1. The molecule has 0 radical (unpaired) electrons. The van der Waals surface area contributed by atoms with Crippen molar-refractivity contribution in [1.29, 1.82) is 0 Å². The Bertz CT molecular complexity index is 631. The number of rotatable bonds is 2. The molecule has 0 bridgehead atoms. The van der Waals surface area contributed by atoms with Crippen LogP contribution < -0.4 is 5.73 Å². The van der Waals surface area contributed by atoms with E-state index in [0.717, 1.165) is 0 Å². The van der Waals surface area contributed by atoms with Gasteiger partial charge in [-0.05, 0) is 46.1 Å². The minimum absolute atomic E-state index is 0.123. The molecule has 1 nitrogen and oxygen atoms in total. The van der Waals surface area contributed by atoms with Crippen LogP contribution in [0.25, 0.3) is 0 Å². The molecule has 2 aromatic carbocycles. The van der Waals surface area contributed by atoms with Crippen molar-refractivity contribution in [2.45, 2.75) is 13.0 Å². The van der Waals surface area contributed by atoms with Crippen LogP contribution in [-0.4, -0.2) is 0 Å². The van der Waals surface area contributed by atoms with Crippen molar-refractivity contribution in [3.8, 4) is 0 Å². The van der Waals surface area contributed by atoms with Crippen LogP contribution in [-0.2, 0) is 0 Å². The summed E-state index contributed by atoms with van der Waals surface area (Å²) in [7, 11) is 0. The van der Waals surface area contributed by atoms with Gasteiger partial charge >= 0.3 is 0 Å². The molecular weight excluding hydrogens is 336 g/mol. The minimum atomic E-state index is -0.904. The molecule has 100 valence electrons. The number of halogens is 4. The summed E-state index contributed by atoms with van der Waals surface area (Å²) >= 11 is 9.16. The van der Waals surface area contributed by atoms with E-state index < -0.39 is 17.7 Å². The lowest BCUT2D eigenvalue weighted by Crippen LogP contribution is -2.15. The van der Waals surface area contributed by atoms with Crippen LogP contribution in [0.2, 0.25) is 5.02 Å². The summed E-state index contributed by atoms with van der Waals surface area (Å²) in [5.74, 6) is -1.76. The van der Waals surface area contributed by atoms with Crippen LogP contribution in [0.4, 0.5) is 8.78 Å². The quantitative estimate of drug-likeness (QED) is 0.835. The molecule has 0 aliphatic rings. The molecule has 0 heterocycles. The molecule has 0 aromatic heterocycles. The zero-order valence-electron chi connectivity index (χ0n) is 10.1. The lowest BCUT2D eigenvalue weighted by Gasteiger charge is -2.15. The molecular formula is C14H11BrClF2N. The molecule has 1 atom stereocenters. The first-order valence-corrected chi connectivity index (χ1v) is 6.74. The Labute approximate surface area is 123 Å². The minimum Gasteiger partial charge on any atom is -0.320 e. The van der Waals surface area contributed by atoms with E-state index in [0.29, 0.717) is 15.1 Å². The normalized spacial score (nSPS) is 12.5. The van der Waals surface area contributed by atoms with E-state index in [9.17, 15) is 8.78 Å². The van der Waals surface area contributed by atoms with E-state index in [1.807, 2.05) is 0 Å². The van der Waals surface area contributed by atoms with Crippen LogP contribution in [0.15, 0.2) is 34.8 Å². The van der Waals surface area contributed by atoms with E-state index in [1.165, 1.54) is 19.1 Å². The van der Waals surface area contributed by atoms with E-state index in [1.54, 1.807) is 18.2 Å². The molecule has 5 heteroatoms. The van der Waals surface area contributed by atoms with Gasteiger partial charge in [0.15, 0.2) is 11.6 Å². The molecule has 0 aliphatic heterocycles. The van der Waals surface area contributed by atoms with Crippen molar-refractivity contribution < 1.29 is 8.78 Å². The van der Waals surface area contributed by atoms with Gasteiger partial charge in [0.25, 0.3) is 0 Å². The molecule has 2 aromatic rings. The topological polar surface area (TPSA) is 26.0 Å². The summed E-state index contributed by atoms with van der Waals surface area (Å²) in [5.41, 5.74) is 7.01. The predicted molar refractivity (Wildman–Crippen MR) is 76.3 cm³/mol. The van der Waals surface area contributed by atoms with Crippen LogP contribution in [0.3, 0.4) is 0 Å². The first kappa shape index (κ1) is 14.4. The average Bonchev–Trinajstić information content (AvgIpc) is 2.39. The Morgan fingerprint density at radius 1 is 1.16 bits per heavy atom. The molecule has 0 amide bonds. The lowest BCUT2D eigenvalue weighted by atomic mass is 9.98. The van der Waals surface area contributed by atoms with Gasteiger partial charge in [-0.3, -0.25) is 0 Å². The third-order valence-electron chi connectivity index (χ3n) is 2.94. The highest BCUT2D eigenvalue weighted by Gasteiger charge is 2.18. The molecule has 0 aliphatic carbocycles. The highest BCUT2D eigenvalue weighted by atomic mass is 79.9. The summed E-state index contributed by atoms with van der Waals surface area (Å²) in [4.78, 5) is 0. The molecule has 0 saturated carbocycles. The van der Waals surface area contributed by atoms with Crippen molar-refractivity contribution in [3.63, 3.8) is 0 Å². The monoisotopic (exact) mass is 345 g/mol. The SMILES string of the molecule is Cc1ccc(C(N)c2ccc(Cl)c(Br)c2)c(F)c1F. The first-order chi connectivity index (χ1) is 8.91. The number of hydrogen-bond donors (Lipinski definition) is 1. The summed E-state index contributed by atoms with van der Waals surface area (Å²) in [6.07, 6.45) is 0. The average molecular weight is 347 g/mol. The predicted octanol–water partition coefficient (Wildman–Crippen LogP) is 4.74. The Kier molecular flexibility index (Phi) is 4.23. The van der Waals surface area contributed by atoms with Gasteiger partial charge in [-0.25, -0.2) is 8.78 Å². The maximum atomic E-state index is 13.9. The standard InChI is InChI=1S/C14H11BrClF2N/c1-7-2-4-9(13(18)12(7)17)14(19)8-3-5-11(16)10(15)6-8/h2-6,14H,19H2,1H3. The molecule has 2 N–H and O–H groups in total. The Morgan fingerprint density at radius 2 is 1.84 bits per heavy atom. The summed E-state index contributed by atoms with van der Waals surface area (Å²) in [6.45, 7) is 1.51. The maximum absolute atomic E-state index is 13.9. The fraction of sp³-hybridized carbons (Fsp3) is 0.143. The van der Waals surface area contributed by atoms with Gasteiger partial charge in [0, 0.05) is 10.0 Å². The van der Waals surface area contributed by atoms with Gasteiger partial charge in [0.2, 0.25) is 0 Å². The van der Waals surface area contributed by atoms with Gasteiger partial charge in [-0.1, -0.05) is 29.8 Å². The lowest BCUT2D eigenvalue weighted by molar-refractivity contribution is 0.489. The highest BCUT2D eigenvalue weighted by molar-refractivity contribution is 9.10. The smallest absolute Gasteiger partial charge is 0.164 e. The van der Waals surface area contributed by atoms with Crippen LogP contribution >= 0.6 is 27.5 Å². The Morgan fingerprint density at radius 3 is 2.47 bits per heavy atom. The summed E-state index contributed by atoms with van der Waals surface area (Å²) in [5, 5.41) is 0.534. The molecule has 0 saturated heterocycles. The third-order valence-corrected chi connectivity index (χ3v) is 4.16. The second-order valence-electron chi connectivity index (χ2n) is 4.25. The number of nitrogens with two attached hydrogens (primary N) is 1. The third kappa shape index (κ3) is 2.81. The van der Waals surface area contributed by atoms with Crippen molar-refractivity contribution in [2.24, 2.45) is 5.73 Å². The van der Waals surface area contributed by atoms with Crippen LogP contribution in [0.1, 0.15) is 22.7 Å². The van der Waals surface area contributed by atoms with Gasteiger partial charge in [0.05, 0.1) is 11.1 Å². The van der Waals surface area contributed by atoms with Gasteiger partial charge < -0.3 is 5.73 Å². The fourth-order valence-electron chi connectivity index (χ4n) is 1.79. The van der Waals surface area contributed by atoms with Crippen molar-refractivity contribution in [3.05, 3.63) is 68.2 Å². The van der Waals surface area contributed by atoms with E-state index in [-0.39, 0.29) is 11.1 Å². The molecule has 0 fully saturated rings. The second-order valence-corrected chi connectivity index (χ2v) is 5.51. The van der Waals surface area contributed by atoms with Crippen molar-refractivity contribution >= 4 is 27.5 Å². The first-order valence-electron chi connectivity index (χ1n) is 5.57. The molecule has 19 heavy (non-hydrogen) atoms. The van der Waals surface area contributed by atoms with Crippen molar-refractivity contribution in [1.82, 2.24) is 0 Å². The van der Waals surface area contributed by atoms with Gasteiger partial charge in [0.1, 0.15) is 0 Å². The maximum Gasteiger partial charge on any atom is 0.164 e. The van der Waals surface area contributed by atoms with Crippen LogP contribution in [0, 0.1) is 18.6 Å². The Hall–Kier alpha value is -0.970. The number of aryl methyl sites for hydroxylation is 1. The fourth-order valence-corrected chi connectivity index (χ4v) is 2.30. The highest BCUT2D eigenvalue weighted by Crippen LogP contribution is 2.30. The van der Waals surface area contributed by atoms with Crippen molar-refractivity contribution in [2.75, 3.05) is 0 Å². The van der Waals surface area contributed by atoms with Gasteiger partial charge in [-0.15, -0.1) is 0 Å². The molecule has 1 unspecified atom stereocenters. The molecule has 0 spiro atoms. The van der Waals surface area contributed by atoms with Crippen LogP contribution in [0.5, 0.6) is 0 Å². The second kappa shape index (κ2) is 5.57. The summed E-state index contributed by atoms with van der Waals surface area (Å²) in [6, 6.07) is 7.31. The van der Waals surface area contributed by atoms with E-state index in [4.69, 9.17) is 17.3 Å². The molecule has 2 rings (SSSR count). The van der Waals surface area contributed by atoms with E-state index in [2.05, 4.69) is 15.9 Å². The van der Waals surface area contributed by atoms with E-state index >= 15 is 0 Å². The largest absolute Gasteiger partial charge is 0.320 e. The Balaban J connectivity index is 2.47. The zero-order chi connectivity index (χ0) is 14.2.